The molecule has 0 bridgehead atoms. The molecule has 0 aliphatic carbocycles. The fraction of sp³-hybridized carbons (Fsp3) is 0.143. The predicted octanol–water partition coefficient (Wildman–Crippen LogP) is 2.83. The van der Waals surface area contributed by atoms with Gasteiger partial charge in [0, 0.05) is 11.8 Å². The first-order valence-corrected chi connectivity index (χ1v) is 6.08. The van der Waals surface area contributed by atoms with Crippen molar-refractivity contribution in [2.24, 2.45) is 0 Å². The third kappa shape index (κ3) is 3.33. The fourth-order valence-electron chi connectivity index (χ4n) is 1.68. The van der Waals surface area contributed by atoms with E-state index in [9.17, 15) is 14.9 Å². The van der Waals surface area contributed by atoms with Crippen molar-refractivity contribution in [1.82, 2.24) is 4.98 Å². The van der Waals surface area contributed by atoms with Crippen LogP contribution in [0, 0.1) is 17.0 Å². The highest BCUT2D eigenvalue weighted by Crippen LogP contribution is 2.26. The van der Waals surface area contributed by atoms with Crippen LogP contribution in [0.4, 0.5) is 17.2 Å². The van der Waals surface area contributed by atoms with Gasteiger partial charge in [0.15, 0.2) is 5.69 Å². The summed E-state index contributed by atoms with van der Waals surface area (Å²) in [6.07, 6.45) is 0. The standard InChI is InChI=1S/C14H13N3O4/c1-9-3-5-10(6-4-9)15-13-12(17(19)20)8-7-11(16-13)14(18)21-2/h3-8H,1-2H3,(H,15,16). The van der Waals surface area contributed by atoms with Gasteiger partial charge in [-0.1, -0.05) is 17.7 Å². The van der Waals surface area contributed by atoms with Gasteiger partial charge in [-0.3, -0.25) is 10.1 Å². The summed E-state index contributed by atoms with van der Waals surface area (Å²) in [7, 11) is 1.22. The van der Waals surface area contributed by atoms with Gasteiger partial charge in [0.1, 0.15) is 0 Å². The second kappa shape index (κ2) is 6.00. The lowest BCUT2D eigenvalue weighted by Crippen LogP contribution is -2.08. The van der Waals surface area contributed by atoms with Crippen molar-refractivity contribution in [2.75, 3.05) is 12.4 Å². The molecule has 0 unspecified atom stereocenters. The number of hydrogen-bond donors (Lipinski definition) is 1. The molecule has 0 radical (unpaired) electrons. The highest BCUT2D eigenvalue weighted by Gasteiger charge is 2.19. The Labute approximate surface area is 120 Å². The zero-order valence-corrected chi connectivity index (χ0v) is 11.5. The first-order chi connectivity index (χ1) is 10.0. The van der Waals surface area contributed by atoms with Crippen LogP contribution in [0.1, 0.15) is 16.1 Å². The maximum Gasteiger partial charge on any atom is 0.356 e. The van der Waals surface area contributed by atoms with Crippen LogP contribution in [0.15, 0.2) is 36.4 Å². The third-order valence-corrected chi connectivity index (χ3v) is 2.78. The number of aromatic nitrogens is 1. The van der Waals surface area contributed by atoms with Crippen LogP contribution < -0.4 is 5.32 Å². The minimum Gasteiger partial charge on any atom is -0.464 e. The number of nitro groups is 1. The zero-order valence-electron chi connectivity index (χ0n) is 11.5. The summed E-state index contributed by atoms with van der Waals surface area (Å²) in [5, 5.41) is 13.9. The molecule has 0 atom stereocenters. The van der Waals surface area contributed by atoms with Gasteiger partial charge in [0.2, 0.25) is 5.82 Å². The lowest BCUT2D eigenvalue weighted by Gasteiger charge is -2.08. The molecule has 0 spiro atoms. The Hall–Kier alpha value is -2.96. The molecule has 2 rings (SSSR count). The Morgan fingerprint density at radius 3 is 2.48 bits per heavy atom. The molecule has 1 N–H and O–H groups in total. The lowest BCUT2D eigenvalue weighted by molar-refractivity contribution is -0.384. The number of rotatable bonds is 4. The fourth-order valence-corrected chi connectivity index (χ4v) is 1.68. The van der Waals surface area contributed by atoms with Gasteiger partial charge in [-0.2, -0.15) is 0 Å². The van der Waals surface area contributed by atoms with Crippen LogP contribution in [0.2, 0.25) is 0 Å². The van der Waals surface area contributed by atoms with Crippen molar-refractivity contribution >= 4 is 23.2 Å². The van der Waals surface area contributed by atoms with Crippen LogP contribution in [-0.2, 0) is 4.74 Å². The number of benzene rings is 1. The van der Waals surface area contributed by atoms with Crippen molar-refractivity contribution in [3.8, 4) is 0 Å². The summed E-state index contributed by atoms with van der Waals surface area (Å²) >= 11 is 0. The molecule has 0 aliphatic rings. The maximum atomic E-state index is 11.5. The van der Waals surface area contributed by atoms with Crippen LogP contribution >= 0.6 is 0 Å². The Morgan fingerprint density at radius 2 is 1.90 bits per heavy atom. The van der Waals surface area contributed by atoms with Gasteiger partial charge in [-0.25, -0.2) is 9.78 Å². The van der Waals surface area contributed by atoms with Crippen LogP contribution in [0.5, 0.6) is 0 Å². The first kappa shape index (κ1) is 14.4. The summed E-state index contributed by atoms with van der Waals surface area (Å²) in [6.45, 7) is 1.93. The minimum atomic E-state index is -0.656. The molecule has 7 heteroatoms. The van der Waals surface area contributed by atoms with Gasteiger partial charge in [0.05, 0.1) is 12.0 Å². The Bertz CT molecular complexity index is 683. The van der Waals surface area contributed by atoms with Crippen molar-refractivity contribution in [3.05, 3.63) is 57.8 Å². The lowest BCUT2D eigenvalue weighted by atomic mass is 10.2. The quantitative estimate of drug-likeness (QED) is 0.528. The van der Waals surface area contributed by atoms with E-state index in [0.29, 0.717) is 5.69 Å². The van der Waals surface area contributed by atoms with Crippen LogP contribution in [0.3, 0.4) is 0 Å². The number of anilines is 2. The van der Waals surface area contributed by atoms with Crippen molar-refractivity contribution in [3.63, 3.8) is 0 Å². The summed E-state index contributed by atoms with van der Waals surface area (Å²) < 4.78 is 4.56. The number of ether oxygens (including phenoxy) is 1. The molecule has 1 aromatic carbocycles. The highest BCUT2D eigenvalue weighted by molar-refractivity contribution is 5.88. The maximum absolute atomic E-state index is 11.5. The molecule has 2 aromatic rings. The van der Waals surface area contributed by atoms with E-state index in [1.54, 1.807) is 12.1 Å². The molecular weight excluding hydrogens is 274 g/mol. The van der Waals surface area contributed by atoms with E-state index in [1.165, 1.54) is 19.2 Å². The number of methoxy groups -OCH3 is 1. The molecule has 21 heavy (non-hydrogen) atoms. The predicted molar refractivity (Wildman–Crippen MR) is 76.7 cm³/mol. The molecule has 1 heterocycles. The second-order valence-electron chi connectivity index (χ2n) is 4.30. The molecule has 0 fully saturated rings. The van der Waals surface area contributed by atoms with Crippen LogP contribution in [0.25, 0.3) is 0 Å². The number of carbonyl (C=O) groups is 1. The number of carbonyl (C=O) groups excluding carboxylic acids is 1. The number of hydrogen-bond acceptors (Lipinski definition) is 6. The molecule has 0 amide bonds. The normalized spacial score (nSPS) is 10.0. The number of nitrogens with zero attached hydrogens (tertiary/aromatic N) is 2. The Balaban J connectivity index is 2.40. The van der Waals surface area contributed by atoms with E-state index < -0.39 is 10.9 Å². The molecule has 0 saturated carbocycles. The number of aryl methyl sites for hydroxylation is 1. The SMILES string of the molecule is COC(=O)c1ccc([N+](=O)[O-])c(Nc2ccc(C)cc2)n1. The molecule has 0 aliphatic heterocycles. The second-order valence-corrected chi connectivity index (χ2v) is 4.30. The molecule has 1 aromatic heterocycles. The Morgan fingerprint density at radius 1 is 1.24 bits per heavy atom. The zero-order chi connectivity index (χ0) is 15.4. The van der Waals surface area contributed by atoms with E-state index in [2.05, 4.69) is 15.0 Å². The summed E-state index contributed by atoms with van der Waals surface area (Å²) in [5.41, 5.74) is 1.48. The average molecular weight is 287 g/mol. The van der Waals surface area contributed by atoms with Crippen molar-refractivity contribution in [1.29, 1.82) is 0 Å². The average Bonchev–Trinajstić information content (AvgIpc) is 2.48. The number of pyridine rings is 1. The van der Waals surface area contributed by atoms with E-state index in [-0.39, 0.29) is 17.2 Å². The topological polar surface area (TPSA) is 94.4 Å². The van der Waals surface area contributed by atoms with E-state index in [0.717, 1.165) is 5.56 Å². The van der Waals surface area contributed by atoms with E-state index >= 15 is 0 Å². The number of esters is 1. The van der Waals surface area contributed by atoms with Crippen LogP contribution in [-0.4, -0.2) is 23.0 Å². The van der Waals surface area contributed by atoms with Gasteiger partial charge in [-0.15, -0.1) is 0 Å². The van der Waals surface area contributed by atoms with Gasteiger partial charge in [-0.05, 0) is 25.1 Å². The van der Waals surface area contributed by atoms with Gasteiger partial charge >= 0.3 is 11.7 Å². The molecular formula is C14H13N3O4. The molecule has 0 saturated heterocycles. The van der Waals surface area contributed by atoms with E-state index in [1.807, 2.05) is 19.1 Å². The third-order valence-electron chi connectivity index (χ3n) is 2.78. The van der Waals surface area contributed by atoms with Gasteiger partial charge < -0.3 is 10.1 Å². The monoisotopic (exact) mass is 287 g/mol. The summed E-state index contributed by atoms with van der Waals surface area (Å²) in [5.74, 6) is -0.663. The largest absolute Gasteiger partial charge is 0.464 e. The smallest absolute Gasteiger partial charge is 0.356 e. The van der Waals surface area contributed by atoms with E-state index in [4.69, 9.17) is 0 Å². The van der Waals surface area contributed by atoms with Gasteiger partial charge in [0.25, 0.3) is 0 Å². The molecule has 108 valence electrons. The minimum absolute atomic E-state index is 0.00212. The summed E-state index contributed by atoms with van der Waals surface area (Å²) in [4.78, 5) is 25.9. The number of nitrogens with one attached hydrogen (secondary N) is 1. The van der Waals surface area contributed by atoms with Crippen molar-refractivity contribution in [2.45, 2.75) is 6.92 Å². The van der Waals surface area contributed by atoms with Crippen molar-refractivity contribution < 1.29 is 14.5 Å². The first-order valence-electron chi connectivity index (χ1n) is 6.08. The summed E-state index contributed by atoms with van der Waals surface area (Å²) in [6, 6.07) is 9.73. The molecule has 7 nitrogen and oxygen atoms in total. The Kier molecular flexibility index (Phi) is 4.13. The highest BCUT2D eigenvalue weighted by atomic mass is 16.6.